The molecule has 2 saturated heterocycles. The summed E-state index contributed by atoms with van der Waals surface area (Å²) >= 11 is 0. The number of amides is 2. The Bertz CT molecular complexity index is 359. The zero-order chi connectivity index (χ0) is 12.0. The van der Waals surface area contributed by atoms with E-state index in [0.29, 0.717) is 12.8 Å². The molecule has 3 aliphatic rings. The molecule has 1 spiro atoms. The molecule has 0 radical (unpaired) electrons. The lowest BCUT2D eigenvalue weighted by Crippen LogP contribution is -2.65. The van der Waals surface area contributed by atoms with Gasteiger partial charge in [0, 0.05) is 0 Å². The molecule has 3 rings (SSSR count). The van der Waals surface area contributed by atoms with Crippen LogP contribution >= 0.6 is 0 Å². The van der Waals surface area contributed by atoms with Gasteiger partial charge in [0.05, 0.1) is 17.4 Å². The van der Waals surface area contributed by atoms with Gasteiger partial charge in [0.2, 0.25) is 11.8 Å². The van der Waals surface area contributed by atoms with Crippen molar-refractivity contribution in [1.29, 1.82) is 0 Å². The molecule has 0 bridgehead atoms. The molecule has 2 aliphatic heterocycles. The van der Waals surface area contributed by atoms with Crippen LogP contribution in [0, 0.1) is 17.3 Å². The van der Waals surface area contributed by atoms with E-state index in [0.717, 1.165) is 25.9 Å². The van der Waals surface area contributed by atoms with E-state index < -0.39 is 17.4 Å². The van der Waals surface area contributed by atoms with Crippen LogP contribution in [0.5, 0.6) is 0 Å². The van der Waals surface area contributed by atoms with Crippen molar-refractivity contribution in [3.8, 4) is 0 Å². The molecule has 17 heavy (non-hydrogen) atoms. The molecule has 2 heterocycles. The number of nitrogens with one attached hydrogen (secondary N) is 2. The maximum Gasteiger partial charge on any atom is 0.235 e. The van der Waals surface area contributed by atoms with Gasteiger partial charge in [-0.15, -0.1) is 0 Å². The zero-order valence-corrected chi connectivity index (χ0v) is 9.74. The molecule has 3 N–H and O–H groups in total. The molecule has 3 atom stereocenters. The Morgan fingerprint density at radius 3 is 2.59 bits per heavy atom. The third-order valence-electron chi connectivity index (χ3n) is 4.75. The van der Waals surface area contributed by atoms with Crippen LogP contribution in [0.15, 0.2) is 0 Å². The normalized spacial score (nSPS) is 40.2. The molecular formula is C12H18N2O3. The first-order valence-corrected chi connectivity index (χ1v) is 6.39. The Morgan fingerprint density at radius 2 is 2.06 bits per heavy atom. The van der Waals surface area contributed by atoms with Crippen LogP contribution in [0.3, 0.4) is 0 Å². The summed E-state index contributed by atoms with van der Waals surface area (Å²) in [5.41, 5.74) is -0.666. The molecule has 1 aliphatic carbocycles. The summed E-state index contributed by atoms with van der Waals surface area (Å²) in [5.74, 6) is -0.796. The highest BCUT2D eigenvalue weighted by Gasteiger charge is 2.59. The van der Waals surface area contributed by atoms with Crippen LogP contribution in [-0.2, 0) is 9.59 Å². The first-order valence-electron chi connectivity index (χ1n) is 6.39. The van der Waals surface area contributed by atoms with Crippen LogP contribution in [-0.4, -0.2) is 36.1 Å². The standard InChI is InChI=1S/C12H18N2O3/c15-9-8(7-2-5-13-6-7)10(16)14-11(17)12(9)3-1-4-12/h7-9,13,15H,1-6H2,(H,14,16,17). The Kier molecular flexibility index (Phi) is 2.48. The topological polar surface area (TPSA) is 78.4 Å². The van der Waals surface area contributed by atoms with Gasteiger partial charge in [0.1, 0.15) is 0 Å². The number of imide groups is 1. The van der Waals surface area contributed by atoms with E-state index in [-0.39, 0.29) is 17.7 Å². The summed E-state index contributed by atoms with van der Waals surface area (Å²) < 4.78 is 0. The van der Waals surface area contributed by atoms with Crippen LogP contribution < -0.4 is 10.6 Å². The quantitative estimate of drug-likeness (QED) is 0.533. The first-order chi connectivity index (χ1) is 8.15. The van der Waals surface area contributed by atoms with E-state index in [2.05, 4.69) is 10.6 Å². The SMILES string of the molecule is O=C1NC(=O)C2(CCC2)C(O)C1C1CCNC1. The predicted molar refractivity (Wildman–Crippen MR) is 59.9 cm³/mol. The number of piperidine rings is 1. The molecule has 0 aromatic heterocycles. The maximum absolute atomic E-state index is 11.9. The van der Waals surface area contributed by atoms with Crippen LogP contribution in [0.2, 0.25) is 0 Å². The van der Waals surface area contributed by atoms with Crippen molar-refractivity contribution >= 4 is 11.8 Å². The van der Waals surface area contributed by atoms with Gasteiger partial charge in [-0.05, 0) is 38.3 Å². The minimum Gasteiger partial charge on any atom is -0.391 e. The summed E-state index contributed by atoms with van der Waals surface area (Å²) in [7, 11) is 0. The number of carbonyl (C=O) groups excluding carboxylic acids is 2. The number of carbonyl (C=O) groups is 2. The molecule has 0 aromatic carbocycles. The Balaban J connectivity index is 1.87. The molecular weight excluding hydrogens is 220 g/mol. The van der Waals surface area contributed by atoms with Crippen molar-refractivity contribution in [2.75, 3.05) is 13.1 Å². The fourth-order valence-electron chi connectivity index (χ4n) is 3.48. The summed E-state index contributed by atoms with van der Waals surface area (Å²) in [6.45, 7) is 1.65. The second-order valence-electron chi connectivity index (χ2n) is 5.55. The van der Waals surface area contributed by atoms with E-state index in [1.165, 1.54) is 0 Å². The minimum absolute atomic E-state index is 0.163. The third-order valence-corrected chi connectivity index (χ3v) is 4.75. The highest BCUT2D eigenvalue weighted by atomic mass is 16.3. The zero-order valence-electron chi connectivity index (χ0n) is 9.74. The maximum atomic E-state index is 11.9. The summed E-state index contributed by atoms with van der Waals surface area (Å²) in [5, 5.41) is 16.1. The minimum atomic E-state index is -0.789. The average Bonchev–Trinajstić information content (AvgIpc) is 2.67. The summed E-state index contributed by atoms with van der Waals surface area (Å²) in [6, 6.07) is 0. The van der Waals surface area contributed by atoms with E-state index in [4.69, 9.17) is 0 Å². The number of hydrogen-bond acceptors (Lipinski definition) is 4. The van der Waals surface area contributed by atoms with Crippen LogP contribution in [0.1, 0.15) is 25.7 Å². The highest BCUT2D eigenvalue weighted by molar-refractivity contribution is 6.03. The number of aliphatic hydroxyl groups is 1. The monoisotopic (exact) mass is 238 g/mol. The van der Waals surface area contributed by atoms with Gasteiger partial charge < -0.3 is 10.4 Å². The van der Waals surface area contributed by atoms with Gasteiger partial charge in [-0.25, -0.2) is 0 Å². The molecule has 5 nitrogen and oxygen atoms in total. The lowest BCUT2D eigenvalue weighted by Gasteiger charge is -2.50. The second-order valence-corrected chi connectivity index (χ2v) is 5.55. The largest absolute Gasteiger partial charge is 0.391 e. The molecule has 2 amide bonds. The van der Waals surface area contributed by atoms with Crippen molar-refractivity contribution in [2.45, 2.75) is 31.8 Å². The molecule has 5 heteroatoms. The molecule has 1 saturated carbocycles. The fourth-order valence-corrected chi connectivity index (χ4v) is 3.48. The lowest BCUT2D eigenvalue weighted by molar-refractivity contribution is -0.170. The first kappa shape index (κ1) is 11.2. The van der Waals surface area contributed by atoms with Crippen molar-refractivity contribution in [3.63, 3.8) is 0 Å². The Morgan fingerprint density at radius 1 is 1.29 bits per heavy atom. The van der Waals surface area contributed by atoms with Crippen LogP contribution in [0.25, 0.3) is 0 Å². The summed E-state index contributed by atoms with van der Waals surface area (Å²) in [6.07, 6.45) is 2.50. The third kappa shape index (κ3) is 1.45. The van der Waals surface area contributed by atoms with Crippen molar-refractivity contribution in [1.82, 2.24) is 10.6 Å². The van der Waals surface area contributed by atoms with Gasteiger partial charge in [-0.2, -0.15) is 0 Å². The van der Waals surface area contributed by atoms with Crippen molar-refractivity contribution in [2.24, 2.45) is 17.3 Å². The lowest BCUT2D eigenvalue weighted by atomic mass is 9.58. The second kappa shape index (κ2) is 3.78. The van der Waals surface area contributed by atoms with Crippen LogP contribution in [0.4, 0.5) is 0 Å². The molecule has 0 aromatic rings. The number of hydrogen-bond donors (Lipinski definition) is 3. The number of aliphatic hydroxyl groups excluding tert-OH is 1. The number of rotatable bonds is 1. The summed E-state index contributed by atoms with van der Waals surface area (Å²) in [4.78, 5) is 23.8. The van der Waals surface area contributed by atoms with Crippen molar-refractivity contribution < 1.29 is 14.7 Å². The predicted octanol–water partition coefficient (Wildman–Crippen LogP) is -0.600. The van der Waals surface area contributed by atoms with E-state index in [9.17, 15) is 14.7 Å². The van der Waals surface area contributed by atoms with E-state index >= 15 is 0 Å². The van der Waals surface area contributed by atoms with Gasteiger partial charge in [-0.3, -0.25) is 14.9 Å². The van der Waals surface area contributed by atoms with Crippen molar-refractivity contribution in [3.05, 3.63) is 0 Å². The van der Waals surface area contributed by atoms with Gasteiger partial charge in [-0.1, -0.05) is 6.42 Å². The molecule has 3 unspecified atom stereocenters. The molecule has 3 fully saturated rings. The smallest absolute Gasteiger partial charge is 0.235 e. The molecule has 94 valence electrons. The van der Waals surface area contributed by atoms with Gasteiger partial charge in [0.25, 0.3) is 0 Å². The van der Waals surface area contributed by atoms with Gasteiger partial charge in [0.15, 0.2) is 0 Å². The average molecular weight is 238 g/mol. The Hall–Kier alpha value is -0.940. The Labute approximate surface area is 100.0 Å². The van der Waals surface area contributed by atoms with E-state index in [1.54, 1.807) is 0 Å². The van der Waals surface area contributed by atoms with E-state index in [1.807, 2.05) is 0 Å². The highest BCUT2D eigenvalue weighted by Crippen LogP contribution is 2.49. The van der Waals surface area contributed by atoms with Gasteiger partial charge >= 0.3 is 0 Å². The fraction of sp³-hybridized carbons (Fsp3) is 0.833.